The number of fused-ring (bicyclic) bond motifs is 2. The maximum absolute atomic E-state index is 12.2. The first-order valence-electron chi connectivity index (χ1n) is 7.01. The Kier molecular flexibility index (Phi) is 3.88. The largest absolute Gasteiger partial charge is 0.481 e. The molecule has 1 aromatic rings. The number of hydrogen-bond donors (Lipinski definition) is 3. The van der Waals surface area contributed by atoms with Crippen molar-refractivity contribution in [1.29, 1.82) is 0 Å². The number of rotatable bonds is 3. The maximum atomic E-state index is 12.2. The minimum absolute atomic E-state index is 0.383. The Bertz CT molecular complexity index is 629. The summed E-state index contributed by atoms with van der Waals surface area (Å²) >= 11 is 1.28. The molecule has 7 nitrogen and oxygen atoms in total. The van der Waals surface area contributed by atoms with Gasteiger partial charge in [-0.05, 0) is 36.8 Å². The Morgan fingerprint density at radius 1 is 1.23 bits per heavy atom. The van der Waals surface area contributed by atoms with Crippen molar-refractivity contribution in [2.24, 2.45) is 11.8 Å². The quantitative estimate of drug-likeness (QED) is 0.710. The fourth-order valence-electron chi connectivity index (χ4n) is 3.19. The van der Waals surface area contributed by atoms with E-state index in [0.29, 0.717) is 17.7 Å². The van der Waals surface area contributed by atoms with Crippen LogP contribution in [-0.4, -0.2) is 35.1 Å². The van der Waals surface area contributed by atoms with Crippen molar-refractivity contribution in [3.05, 3.63) is 21.9 Å². The molecule has 2 saturated heterocycles. The maximum Gasteiger partial charge on any atom is 0.310 e. The van der Waals surface area contributed by atoms with Gasteiger partial charge in [-0.1, -0.05) is 0 Å². The lowest BCUT2D eigenvalue weighted by molar-refractivity contribution is -0.148. The summed E-state index contributed by atoms with van der Waals surface area (Å²) in [5.41, 5.74) is 5.50. The normalized spacial score (nSPS) is 29.3. The standard InChI is InChI=1S/C14H16N2O5S/c1-6-4-5-22-11(6)13(18)16-15-12(17)9-7-2-3-8(21-7)10(9)14(19)20/h4-5,7-10H,2-3H2,1H3,(H,15,17)(H,16,18)(H,19,20)/t7-,8-,9+,10-/m1/s1. The molecular formula is C14H16N2O5S. The number of hydrogen-bond acceptors (Lipinski definition) is 5. The third-order valence-corrected chi connectivity index (χ3v) is 5.24. The van der Waals surface area contributed by atoms with Gasteiger partial charge in [0, 0.05) is 0 Å². The molecule has 8 heteroatoms. The van der Waals surface area contributed by atoms with E-state index in [4.69, 9.17) is 4.74 Å². The number of nitrogens with one attached hydrogen (secondary N) is 2. The van der Waals surface area contributed by atoms with Gasteiger partial charge in [-0.15, -0.1) is 11.3 Å². The number of ether oxygens (including phenoxy) is 1. The molecule has 2 fully saturated rings. The van der Waals surface area contributed by atoms with E-state index in [1.807, 2.05) is 6.07 Å². The molecule has 2 amide bonds. The van der Waals surface area contributed by atoms with E-state index in [-0.39, 0.29) is 6.10 Å². The molecule has 3 N–H and O–H groups in total. The van der Waals surface area contributed by atoms with Gasteiger partial charge in [0.05, 0.1) is 28.9 Å². The monoisotopic (exact) mass is 324 g/mol. The lowest BCUT2D eigenvalue weighted by Crippen LogP contribution is -2.50. The smallest absolute Gasteiger partial charge is 0.310 e. The zero-order chi connectivity index (χ0) is 15.9. The Labute approximate surface area is 130 Å². The number of carbonyl (C=O) groups excluding carboxylic acids is 2. The molecule has 0 aliphatic carbocycles. The highest BCUT2D eigenvalue weighted by Gasteiger charge is 2.55. The first-order valence-corrected chi connectivity index (χ1v) is 7.89. The average Bonchev–Trinajstić information content (AvgIpc) is 3.18. The van der Waals surface area contributed by atoms with E-state index in [1.54, 1.807) is 12.3 Å². The topological polar surface area (TPSA) is 105 Å². The molecule has 2 bridgehead atoms. The zero-order valence-electron chi connectivity index (χ0n) is 11.9. The van der Waals surface area contributed by atoms with E-state index >= 15 is 0 Å². The molecule has 118 valence electrons. The van der Waals surface area contributed by atoms with Crippen LogP contribution >= 0.6 is 11.3 Å². The van der Waals surface area contributed by atoms with Crippen molar-refractivity contribution in [3.63, 3.8) is 0 Å². The van der Waals surface area contributed by atoms with E-state index in [1.165, 1.54) is 11.3 Å². The summed E-state index contributed by atoms with van der Waals surface area (Å²) in [6.45, 7) is 1.80. The van der Waals surface area contributed by atoms with Crippen LogP contribution in [0.5, 0.6) is 0 Å². The first kappa shape index (κ1) is 15.0. The molecule has 0 saturated carbocycles. The predicted octanol–water partition coefficient (Wildman–Crippen LogP) is 0.696. The van der Waals surface area contributed by atoms with Gasteiger partial charge >= 0.3 is 5.97 Å². The summed E-state index contributed by atoms with van der Waals surface area (Å²) in [6, 6.07) is 1.81. The molecule has 2 aliphatic rings. The Morgan fingerprint density at radius 2 is 1.91 bits per heavy atom. The fourth-order valence-corrected chi connectivity index (χ4v) is 4.01. The van der Waals surface area contributed by atoms with E-state index < -0.39 is 35.7 Å². The summed E-state index contributed by atoms with van der Waals surface area (Å²) in [5, 5.41) is 11.1. The summed E-state index contributed by atoms with van der Waals surface area (Å²) in [6.07, 6.45) is 0.538. The molecule has 3 heterocycles. The van der Waals surface area contributed by atoms with Gasteiger partial charge in [0.2, 0.25) is 5.91 Å². The van der Waals surface area contributed by atoms with Crippen LogP contribution in [-0.2, 0) is 14.3 Å². The Hall–Kier alpha value is -1.93. The second-order valence-electron chi connectivity index (χ2n) is 5.56. The molecule has 0 radical (unpaired) electrons. The third kappa shape index (κ3) is 2.48. The minimum Gasteiger partial charge on any atom is -0.481 e. The van der Waals surface area contributed by atoms with Crippen molar-refractivity contribution in [1.82, 2.24) is 10.9 Å². The highest BCUT2D eigenvalue weighted by Crippen LogP contribution is 2.43. The molecule has 22 heavy (non-hydrogen) atoms. The van der Waals surface area contributed by atoms with Crippen LogP contribution < -0.4 is 10.9 Å². The Balaban J connectivity index is 1.63. The van der Waals surface area contributed by atoms with Crippen LogP contribution in [0.2, 0.25) is 0 Å². The minimum atomic E-state index is -1.03. The Morgan fingerprint density at radius 3 is 2.50 bits per heavy atom. The first-order chi connectivity index (χ1) is 10.5. The number of aryl methyl sites for hydroxylation is 1. The van der Waals surface area contributed by atoms with Gasteiger partial charge in [0.15, 0.2) is 0 Å². The number of carboxylic acids is 1. The number of carbonyl (C=O) groups is 3. The zero-order valence-corrected chi connectivity index (χ0v) is 12.7. The SMILES string of the molecule is Cc1ccsc1C(=O)NNC(=O)[C@@H]1[C@H](C(=O)O)[C@H]2CC[C@H]1O2. The van der Waals surface area contributed by atoms with Gasteiger partial charge in [0.25, 0.3) is 5.91 Å². The molecular weight excluding hydrogens is 308 g/mol. The summed E-state index contributed by atoms with van der Waals surface area (Å²) in [7, 11) is 0. The fraction of sp³-hybridized carbons (Fsp3) is 0.500. The molecule has 0 aromatic carbocycles. The van der Waals surface area contributed by atoms with Crippen molar-refractivity contribution in [2.45, 2.75) is 32.0 Å². The lowest BCUT2D eigenvalue weighted by Gasteiger charge is -2.23. The number of aliphatic carboxylic acids is 1. The van der Waals surface area contributed by atoms with Crippen LogP contribution in [0.4, 0.5) is 0 Å². The number of hydrazine groups is 1. The molecule has 1 aromatic heterocycles. The van der Waals surface area contributed by atoms with Crippen LogP contribution in [0, 0.1) is 18.8 Å². The highest BCUT2D eigenvalue weighted by atomic mass is 32.1. The third-order valence-electron chi connectivity index (χ3n) is 4.23. The average molecular weight is 324 g/mol. The van der Waals surface area contributed by atoms with Gasteiger partial charge in [0.1, 0.15) is 0 Å². The number of carboxylic acid groups (broad SMARTS) is 1. The molecule has 4 atom stereocenters. The molecule has 0 unspecified atom stereocenters. The van der Waals surface area contributed by atoms with E-state index in [2.05, 4.69) is 10.9 Å². The molecule has 2 aliphatic heterocycles. The predicted molar refractivity (Wildman–Crippen MR) is 77.2 cm³/mol. The van der Waals surface area contributed by atoms with Gasteiger partial charge in [-0.3, -0.25) is 25.2 Å². The van der Waals surface area contributed by atoms with E-state index in [0.717, 1.165) is 5.56 Å². The lowest BCUT2D eigenvalue weighted by atomic mass is 9.79. The van der Waals surface area contributed by atoms with Crippen LogP contribution in [0.15, 0.2) is 11.4 Å². The van der Waals surface area contributed by atoms with Crippen molar-refractivity contribution >= 4 is 29.1 Å². The summed E-state index contributed by atoms with van der Waals surface area (Å²) in [5.74, 6) is -3.56. The van der Waals surface area contributed by atoms with Gasteiger partial charge in [-0.25, -0.2) is 0 Å². The van der Waals surface area contributed by atoms with Crippen LogP contribution in [0.25, 0.3) is 0 Å². The van der Waals surface area contributed by atoms with Crippen molar-refractivity contribution in [3.8, 4) is 0 Å². The number of amides is 2. The molecule has 3 rings (SSSR count). The summed E-state index contributed by atoms with van der Waals surface area (Å²) < 4.78 is 5.53. The van der Waals surface area contributed by atoms with Crippen molar-refractivity contribution < 1.29 is 24.2 Å². The second-order valence-corrected chi connectivity index (χ2v) is 6.47. The highest BCUT2D eigenvalue weighted by molar-refractivity contribution is 7.12. The molecule has 0 spiro atoms. The van der Waals surface area contributed by atoms with Crippen LogP contribution in [0.1, 0.15) is 28.1 Å². The van der Waals surface area contributed by atoms with E-state index in [9.17, 15) is 19.5 Å². The van der Waals surface area contributed by atoms with Crippen LogP contribution in [0.3, 0.4) is 0 Å². The van der Waals surface area contributed by atoms with Gasteiger partial charge < -0.3 is 9.84 Å². The van der Waals surface area contributed by atoms with Gasteiger partial charge in [-0.2, -0.15) is 0 Å². The van der Waals surface area contributed by atoms with Crippen molar-refractivity contribution in [2.75, 3.05) is 0 Å². The number of thiophene rings is 1. The summed E-state index contributed by atoms with van der Waals surface area (Å²) in [4.78, 5) is 36.0. The second kappa shape index (κ2) is 5.69.